The van der Waals surface area contributed by atoms with E-state index in [0.29, 0.717) is 31.1 Å². The van der Waals surface area contributed by atoms with E-state index in [9.17, 15) is 9.59 Å². The maximum absolute atomic E-state index is 12.4. The van der Waals surface area contributed by atoms with Crippen molar-refractivity contribution in [1.29, 1.82) is 0 Å². The highest BCUT2D eigenvalue weighted by Crippen LogP contribution is 2.25. The molecule has 0 bridgehead atoms. The lowest BCUT2D eigenvalue weighted by Gasteiger charge is -2.30. The normalized spacial score (nSPS) is 14.4. The molecule has 6 nitrogen and oxygen atoms in total. The van der Waals surface area contributed by atoms with Crippen LogP contribution in [0.4, 0.5) is 5.69 Å². The highest BCUT2D eigenvalue weighted by molar-refractivity contribution is 5.98. The van der Waals surface area contributed by atoms with E-state index in [2.05, 4.69) is 4.90 Å². The number of Topliss-reactive ketones (excluding diaryl/α,β-unsaturated/α-hetero) is 1. The highest BCUT2D eigenvalue weighted by atomic mass is 16.5. The standard InChI is InChI=1S/C19H21NO5/c1-2-24-19(22)15-12-14(13-17(21)18-4-3-9-25-18)5-6-16(15)20-7-10-23-11-8-20/h3-6,9,12H,2,7-8,10-11,13H2,1H3. The smallest absolute Gasteiger partial charge is 0.340 e. The maximum Gasteiger partial charge on any atom is 0.340 e. The summed E-state index contributed by atoms with van der Waals surface area (Å²) in [5.41, 5.74) is 2.05. The molecule has 6 heteroatoms. The average molecular weight is 343 g/mol. The summed E-state index contributed by atoms with van der Waals surface area (Å²) in [5.74, 6) is -0.190. The molecule has 0 atom stereocenters. The summed E-state index contributed by atoms with van der Waals surface area (Å²) in [6.45, 7) is 4.77. The number of furan rings is 1. The molecule has 0 spiro atoms. The molecule has 1 fully saturated rings. The zero-order valence-corrected chi connectivity index (χ0v) is 14.2. The van der Waals surface area contributed by atoms with Gasteiger partial charge in [-0.2, -0.15) is 0 Å². The van der Waals surface area contributed by atoms with E-state index in [0.717, 1.165) is 24.3 Å². The first kappa shape index (κ1) is 17.2. The minimum absolute atomic E-state index is 0.126. The summed E-state index contributed by atoms with van der Waals surface area (Å²) in [4.78, 5) is 26.7. The van der Waals surface area contributed by atoms with Crippen LogP contribution in [-0.4, -0.2) is 44.7 Å². The molecule has 1 saturated heterocycles. The second-order valence-electron chi connectivity index (χ2n) is 5.75. The first-order chi connectivity index (χ1) is 12.2. The third kappa shape index (κ3) is 4.09. The van der Waals surface area contributed by atoms with Gasteiger partial charge in [-0.1, -0.05) is 6.07 Å². The van der Waals surface area contributed by atoms with Crippen LogP contribution in [0.5, 0.6) is 0 Å². The second-order valence-corrected chi connectivity index (χ2v) is 5.75. The van der Waals surface area contributed by atoms with Crippen molar-refractivity contribution in [2.75, 3.05) is 37.8 Å². The summed E-state index contributed by atoms with van der Waals surface area (Å²) < 4.78 is 15.7. The van der Waals surface area contributed by atoms with Crippen molar-refractivity contribution in [3.05, 3.63) is 53.5 Å². The number of carbonyl (C=O) groups excluding carboxylic acids is 2. The minimum Gasteiger partial charge on any atom is -0.462 e. The van der Waals surface area contributed by atoms with Gasteiger partial charge in [-0.05, 0) is 36.8 Å². The van der Waals surface area contributed by atoms with E-state index in [1.54, 1.807) is 25.1 Å². The Morgan fingerprint density at radius 3 is 2.68 bits per heavy atom. The molecule has 25 heavy (non-hydrogen) atoms. The molecule has 1 aromatic carbocycles. The number of benzene rings is 1. The fourth-order valence-corrected chi connectivity index (χ4v) is 2.86. The van der Waals surface area contributed by atoms with E-state index in [1.807, 2.05) is 12.1 Å². The molecule has 0 radical (unpaired) electrons. The largest absolute Gasteiger partial charge is 0.462 e. The van der Waals surface area contributed by atoms with Crippen molar-refractivity contribution in [2.45, 2.75) is 13.3 Å². The topological polar surface area (TPSA) is 69.0 Å². The quantitative estimate of drug-likeness (QED) is 0.593. The molecule has 1 aromatic heterocycles. The Labute approximate surface area is 146 Å². The number of carbonyl (C=O) groups is 2. The Morgan fingerprint density at radius 2 is 2.00 bits per heavy atom. The lowest BCUT2D eigenvalue weighted by atomic mass is 10.0. The van der Waals surface area contributed by atoms with Gasteiger partial charge in [-0.25, -0.2) is 4.79 Å². The van der Waals surface area contributed by atoms with E-state index >= 15 is 0 Å². The van der Waals surface area contributed by atoms with Gasteiger partial charge in [0.05, 0.1) is 37.3 Å². The van der Waals surface area contributed by atoms with Crippen molar-refractivity contribution in [3.63, 3.8) is 0 Å². The molecule has 0 amide bonds. The molecule has 0 N–H and O–H groups in total. The number of hydrogen-bond donors (Lipinski definition) is 0. The number of ketones is 1. The van der Waals surface area contributed by atoms with Gasteiger partial charge in [0, 0.05) is 19.5 Å². The van der Waals surface area contributed by atoms with Crippen LogP contribution >= 0.6 is 0 Å². The van der Waals surface area contributed by atoms with Gasteiger partial charge >= 0.3 is 5.97 Å². The van der Waals surface area contributed by atoms with Crippen LogP contribution in [0.1, 0.15) is 33.4 Å². The van der Waals surface area contributed by atoms with Gasteiger partial charge in [-0.3, -0.25) is 4.79 Å². The number of anilines is 1. The van der Waals surface area contributed by atoms with Crippen LogP contribution in [0.15, 0.2) is 41.0 Å². The fourth-order valence-electron chi connectivity index (χ4n) is 2.86. The van der Waals surface area contributed by atoms with Crippen LogP contribution < -0.4 is 4.90 Å². The molecule has 2 heterocycles. The van der Waals surface area contributed by atoms with E-state index < -0.39 is 0 Å². The molecule has 2 aromatic rings. The van der Waals surface area contributed by atoms with Crippen molar-refractivity contribution in [3.8, 4) is 0 Å². The van der Waals surface area contributed by atoms with Crippen LogP contribution in [0.3, 0.4) is 0 Å². The van der Waals surface area contributed by atoms with Gasteiger partial charge in [0.2, 0.25) is 5.78 Å². The third-order valence-corrected chi connectivity index (χ3v) is 4.07. The van der Waals surface area contributed by atoms with Gasteiger partial charge in [0.25, 0.3) is 0 Å². The molecule has 1 aliphatic rings. The zero-order chi connectivity index (χ0) is 17.6. The van der Waals surface area contributed by atoms with Crippen LogP contribution in [0.2, 0.25) is 0 Å². The summed E-state index contributed by atoms with van der Waals surface area (Å²) >= 11 is 0. The monoisotopic (exact) mass is 343 g/mol. The summed E-state index contributed by atoms with van der Waals surface area (Å²) in [7, 11) is 0. The Bertz CT molecular complexity index is 732. The number of esters is 1. The van der Waals surface area contributed by atoms with Crippen LogP contribution in [0, 0.1) is 0 Å². The average Bonchev–Trinajstić information content (AvgIpc) is 3.17. The Hall–Kier alpha value is -2.60. The first-order valence-electron chi connectivity index (χ1n) is 8.38. The van der Waals surface area contributed by atoms with Crippen molar-refractivity contribution >= 4 is 17.4 Å². The number of nitrogens with zero attached hydrogens (tertiary/aromatic N) is 1. The van der Waals surface area contributed by atoms with Crippen molar-refractivity contribution in [2.24, 2.45) is 0 Å². The summed E-state index contributed by atoms with van der Waals surface area (Å²) in [6.07, 6.45) is 1.64. The lowest BCUT2D eigenvalue weighted by Crippen LogP contribution is -2.37. The Balaban J connectivity index is 1.86. The fraction of sp³-hybridized carbons (Fsp3) is 0.368. The molecule has 0 aliphatic carbocycles. The molecular formula is C19H21NO5. The van der Waals surface area contributed by atoms with Crippen LogP contribution in [0.25, 0.3) is 0 Å². The van der Waals surface area contributed by atoms with Gasteiger partial charge < -0.3 is 18.8 Å². The van der Waals surface area contributed by atoms with Crippen molar-refractivity contribution < 1.29 is 23.5 Å². The lowest BCUT2D eigenvalue weighted by molar-refractivity contribution is 0.0525. The number of morpholine rings is 1. The molecule has 0 unspecified atom stereocenters. The second kappa shape index (κ2) is 7.98. The number of ether oxygens (including phenoxy) is 2. The van der Waals surface area contributed by atoms with E-state index in [1.165, 1.54) is 6.26 Å². The van der Waals surface area contributed by atoms with Gasteiger partial charge in [-0.15, -0.1) is 0 Å². The molecular weight excluding hydrogens is 322 g/mol. The van der Waals surface area contributed by atoms with Gasteiger partial charge in [0.1, 0.15) is 0 Å². The highest BCUT2D eigenvalue weighted by Gasteiger charge is 2.21. The molecule has 132 valence electrons. The predicted molar refractivity (Wildman–Crippen MR) is 92.2 cm³/mol. The first-order valence-corrected chi connectivity index (χ1v) is 8.38. The molecule has 1 aliphatic heterocycles. The number of hydrogen-bond acceptors (Lipinski definition) is 6. The maximum atomic E-state index is 12.4. The minimum atomic E-state index is -0.378. The zero-order valence-electron chi connectivity index (χ0n) is 14.2. The van der Waals surface area contributed by atoms with E-state index in [4.69, 9.17) is 13.9 Å². The summed E-state index contributed by atoms with van der Waals surface area (Å²) in [5, 5.41) is 0. The van der Waals surface area contributed by atoms with Crippen LogP contribution in [-0.2, 0) is 15.9 Å². The predicted octanol–water partition coefficient (Wildman–Crippen LogP) is 2.72. The third-order valence-electron chi connectivity index (χ3n) is 4.07. The number of rotatable bonds is 6. The van der Waals surface area contributed by atoms with E-state index in [-0.39, 0.29) is 18.2 Å². The molecule has 3 rings (SSSR count). The Morgan fingerprint density at radius 1 is 1.20 bits per heavy atom. The van der Waals surface area contributed by atoms with Crippen molar-refractivity contribution in [1.82, 2.24) is 0 Å². The molecule has 0 saturated carbocycles. The van der Waals surface area contributed by atoms with Gasteiger partial charge in [0.15, 0.2) is 5.76 Å². The SMILES string of the molecule is CCOC(=O)c1cc(CC(=O)c2ccco2)ccc1N1CCOCC1. The Kier molecular flexibility index (Phi) is 5.50. The summed E-state index contributed by atoms with van der Waals surface area (Å²) in [6, 6.07) is 8.80.